The zero-order chi connectivity index (χ0) is 12.3. The van der Waals surface area contributed by atoms with Crippen LogP contribution in [0.5, 0.6) is 0 Å². The van der Waals surface area contributed by atoms with E-state index in [4.69, 9.17) is 0 Å². The van der Waals surface area contributed by atoms with E-state index in [0.29, 0.717) is 11.8 Å². The molecule has 3 atom stereocenters. The first-order valence-corrected chi connectivity index (χ1v) is 7.18. The maximum atomic E-state index is 11.3. The van der Waals surface area contributed by atoms with Gasteiger partial charge in [0.2, 0.25) is 0 Å². The molecule has 0 aliphatic heterocycles. The summed E-state index contributed by atoms with van der Waals surface area (Å²) in [6.45, 7) is 2.20. The monoisotopic (exact) mass is 253 g/mol. The second-order valence-corrected chi connectivity index (χ2v) is 5.93. The van der Waals surface area contributed by atoms with E-state index in [1.807, 2.05) is 11.7 Å². The van der Waals surface area contributed by atoms with Crippen LogP contribution in [0.15, 0.2) is 11.7 Å². The minimum Gasteiger partial charge on any atom is -0.481 e. The van der Waals surface area contributed by atoms with E-state index in [1.165, 1.54) is 11.3 Å². The fourth-order valence-electron chi connectivity index (χ4n) is 2.88. The van der Waals surface area contributed by atoms with Gasteiger partial charge in [0.15, 0.2) is 0 Å². The van der Waals surface area contributed by atoms with Crippen molar-refractivity contribution in [1.82, 2.24) is 4.98 Å². The molecule has 1 heterocycles. The van der Waals surface area contributed by atoms with Gasteiger partial charge in [-0.25, -0.2) is 0 Å². The van der Waals surface area contributed by atoms with Crippen molar-refractivity contribution < 1.29 is 9.90 Å². The summed E-state index contributed by atoms with van der Waals surface area (Å²) in [5.41, 5.74) is 1.82. The normalized spacial score (nSPS) is 29.1. The van der Waals surface area contributed by atoms with Crippen molar-refractivity contribution in [3.63, 3.8) is 0 Å². The van der Waals surface area contributed by atoms with Crippen LogP contribution < -0.4 is 0 Å². The Morgan fingerprint density at radius 3 is 3.00 bits per heavy atom. The Balaban J connectivity index is 2.05. The van der Waals surface area contributed by atoms with Crippen molar-refractivity contribution in [3.05, 3.63) is 16.6 Å². The fourth-order valence-corrected chi connectivity index (χ4v) is 3.57. The molecule has 0 saturated heterocycles. The van der Waals surface area contributed by atoms with Gasteiger partial charge in [-0.05, 0) is 37.5 Å². The number of thiazole rings is 1. The van der Waals surface area contributed by atoms with Crippen LogP contribution in [-0.4, -0.2) is 16.1 Å². The molecule has 1 saturated carbocycles. The van der Waals surface area contributed by atoms with Crippen molar-refractivity contribution in [3.8, 4) is 0 Å². The van der Waals surface area contributed by atoms with Gasteiger partial charge in [0.05, 0.1) is 11.4 Å². The zero-order valence-electron chi connectivity index (χ0n) is 10.1. The molecule has 17 heavy (non-hydrogen) atoms. The van der Waals surface area contributed by atoms with Gasteiger partial charge in [-0.3, -0.25) is 9.78 Å². The van der Waals surface area contributed by atoms with Crippen LogP contribution in [0.25, 0.3) is 0 Å². The first kappa shape index (κ1) is 12.6. The van der Waals surface area contributed by atoms with Crippen molar-refractivity contribution in [1.29, 1.82) is 0 Å². The fraction of sp³-hybridized carbons (Fsp3) is 0.692. The lowest BCUT2D eigenvalue weighted by Gasteiger charge is -2.33. The van der Waals surface area contributed by atoms with E-state index in [0.717, 1.165) is 25.7 Å². The lowest BCUT2D eigenvalue weighted by Crippen LogP contribution is -2.31. The van der Waals surface area contributed by atoms with Crippen molar-refractivity contribution in [2.75, 3.05) is 0 Å². The van der Waals surface area contributed by atoms with E-state index < -0.39 is 5.97 Å². The molecule has 0 bridgehead atoms. The van der Waals surface area contributed by atoms with Gasteiger partial charge in [-0.2, -0.15) is 0 Å². The number of aromatic nitrogens is 1. The SMILES string of the molecule is CCC1CCC(C(=O)O)C(Cc2cncs2)C1. The van der Waals surface area contributed by atoms with Crippen LogP contribution in [0.1, 0.15) is 37.5 Å². The third kappa shape index (κ3) is 3.06. The number of carbonyl (C=O) groups is 1. The summed E-state index contributed by atoms with van der Waals surface area (Å²) >= 11 is 1.64. The van der Waals surface area contributed by atoms with Crippen LogP contribution >= 0.6 is 11.3 Å². The number of nitrogens with zero attached hydrogens (tertiary/aromatic N) is 1. The van der Waals surface area contributed by atoms with Crippen molar-refractivity contribution >= 4 is 17.3 Å². The van der Waals surface area contributed by atoms with Gasteiger partial charge in [-0.1, -0.05) is 13.3 Å². The van der Waals surface area contributed by atoms with Gasteiger partial charge in [0, 0.05) is 11.1 Å². The smallest absolute Gasteiger partial charge is 0.306 e. The Labute approximate surface area is 106 Å². The minimum atomic E-state index is -0.617. The second kappa shape index (κ2) is 5.63. The molecule has 1 aliphatic carbocycles. The average Bonchev–Trinajstić information content (AvgIpc) is 2.81. The molecule has 2 rings (SSSR count). The molecule has 1 aromatic rings. The van der Waals surface area contributed by atoms with Crippen LogP contribution in [0.4, 0.5) is 0 Å². The summed E-state index contributed by atoms with van der Waals surface area (Å²) in [6.07, 6.45) is 6.91. The molecule has 0 radical (unpaired) electrons. The summed E-state index contributed by atoms with van der Waals surface area (Å²) in [4.78, 5) is 16.6. The van der Waals surface area contributed by atoms with Crippen LogP contribution in [0.3, 0.4) is 0 Å². The molecular formula is C13H19NO2S. The van der Waals surface area contributed by atoms with Gasteiger partial charge in [-0.15, -0.1) is 11.3 Å². The maximum Gasteiger partial charge on any atom is 0.306 e. The molecule has 3 unspecified atom stereocenters. The molecule has 4 heteroatoms. The first-order chi connectivity index (χ1) is 8.20. The zero-order valence-corrected chi connectivity index (χ0v) is 10.9. The molecular weight excluding hydrogens is 234 g/mol. The Hall–Kier alpha value is -0.900. The summed E-state index contributed by atoms with van der Waals surface area (Å²) in [5.74, 6) is 0.240. The molecule has 1 N–H and O–H groups in total. The van der Waals surface area contributed by atoms with Crippen molar-refractivity contribution in [2.45, 2.75) is 39.0 Å². The molecule has 94 valence electrons. The maximum absolute atomic E-state index is 11.3. The summed E-state index contributed by atoms with van der Waals surface area (Å²) in [7, 11) is 0. The molecule has 0 aromatic carbocycles. The Kier molecular flexibility index (Phi) is 4.15. The molecule has 1 aliphatic rings. The standard InChI is InChI=1S/C13H19NO2S/c1-2-9-3-4-12(13(15)16)10(5-9)6-11-7-14-8-17-11/h7-10,12H,2-6H2,1H3,(H,15,16). The Morgan fingerprint density at radius 2 is 2.41 bits per heavy atom. The first-order valence-electron chi connectivity index (χ1n) is 6.30. The average molecular weight is 253 g/mol. The third-order valence-corrected chi connectivity index (χ3v) is 4.73. The highest BCUT2D eigenvalue weighted by molar-refractivity contribution is 7.09. The third-order valence-electron chi connectivity index (χ3n) is 3.93. The van der Waals surface area contributed by atoms with Gasteiger partial charge in [0.1, 0.15) is 0 Å². The highest BCUT2D eigenvalue weighted by Crippen LogP contribution is 2.37. The van der Waals surface area contributed by atoms with E-state index in [1.54, 1.807) is 11.3 Å². The highest BCUT2D eigenvalue weighted by Gasteiger charge is 2.34. The van der Waals surface area contributed by atoms with E-state index in [2.05, 4.69) is 11.9 Å². The van der Waals surface area contributed by atoms with E-state index in [-0.39, 0.29) is 5.92 Å². The van der Waals surface area contributed by atoms with Crippen LogP contribution in [0.2, 0.25) is 0 Å². The summed E-state index contributed by atoms with van der Waals surface area (Å²) in [5, 5.41) is 9.28. The molecule has 0 spiro atoms. The summed E-state index contributed by atoms with van der Waals surface area (Å²) in [6, 6.07) is 0. The lowest BCUT2D eigenvalue weighted by molar-refractivity contribution is -0.145. The molecule has 3 nitrogen and oxygen atoms in total. The number of carboxylic acid groups (broad SMARTS) is 1. The van der Waals surface area contributed by atoms with Gasteiger partial charge in [0.25, 0.3) is 0 Å². The number of rotatable bonds is 4. The Morgan fingerprint density at radius 1 is 1.59 bits per heavy atom. The second-order valence-electron chi connectivity index (χ2n) is 4.96. The highest BCUT2D eigenvalue weighted by atomic mass is 32.1. The number of hydrogen-bond donors (Lipinski definition) is 1. The van der Waals surface area contributed by atoms with Crippen LogP contribution in [-0.2, 0) is 11.2 Å². The Bertz CT molecular complexity index is 364. The number of carboxylic acids is 1. The van der Waals surface area contributed by atoms with Gasteiger partial charge < -0.3 is 5.11 Å². The molecule has 0 amide bonds. The lowest BCUT2D eigenvalue weighted by atomic mass is 9.72. The topological polar surface area (TPSA) is 50.2 Å². The largest absolute Gasteiger partial charge is 0.481 e. The van der Waals surface area contributed by atoms with Gasteiger partial charge >= 0.3 is 5.97 Å². The predicted octanol–water partition coefficient (Wildman–Crippen LogP) is 3.21. The van der Waals surface area contributed by atoms with E-state index in [9.17, 15) is 9.90 Å². The molecule has 1 fully saturated rings. The van der Waals surface area contributed by atoms with E-state index >= 15 is 0 Å². The van der Waals surface area contributed by atoms with Crippen molar-refractivity contribution in [2.24, 2.45) is 17.8 Å². The minimum absolute atomic E-state index is 0.153. The number of hydrogen-bond acceptors (Lipinski definition) is 3. The number of aliphatic carboxylic acids is 1. The van der Waals surface area contributed by atoms with Crippen LogP contribution in [0, 0.1) is 17.8 Å². The summed E-state index contributed by atoms with van der Waals surface area (Å²) < 4.78 is 0. The quantitative estimate of drug-likeness (QED) is 0.896. The molecule has 1 aromatic heterocycles. The predicted molar refractivity (Wildman–Crippen MR) is 68.1 cm³/mol.